The van der Waals surface area contributed by atoms with Gasteiger partial charge in [0.2, 0.25) is 0 Å². The first-order valence-electron chi connectivity index (χ1n) is 12.0. The van der Waals surface area contributed by atoms with Gasteiger partial charge in [0.25, 0.3) is 10.0 Å². The monoisotopic (exact) mass is 592 g/mol. The van der Waals surface area contributed by atoms with E-state index < -0.39 is 45.0 Å². The minimum atomic E-state index is -4.61. The van der Waals surface area contributed by atoms with E-state index in [1.807, 2.05) is 0 Å². The van der Waals surface area contributed by atoms with Crippen molar-refractivity contribution in [2.45, 2.75) is 36.2 Å². The molecule has 0 unspecified atom stereocenters. The van der Waals surface area contributed by atoms with Crippen LogP contribution in [0.4, 0.5) is 27.6 Å². The summed E-state index contributed by atoms with van der Waals surface area (Å²) in [5.41, 5.74) is -2.63. The predicted molar refractivity (Wildman–Crippen MR) is 137 cm³/mol. The number of nitrogens with one attached hydrogen (secondary N) is 1. The molecule has 9 nitrogen and oxygen atoms in total. The minimum absolute atomic E-state index is 0.104. The maximum absolute atomic E-state index is 14.9. The van der Waals surface area contributed by atoms with Gasteiger partial charge >= 0.3 is 6.18 Å². The Morgan fingerprint density at radius 3 is 2.37 bits per heavy atom. The van der Waals surface area contributed by atoms with Gasteiger partial charge in [-0.15, -0.1) is 0 Å². The van der Waals surface area contributed by atoms with Gasteiger partial charge in [0.15, 0.2) is 0 Å². The average Bonchev–Trinajstić information content (AvgIpc) is 3.57. The van der Waals surface area contributed by atoms with Crippen molar-refractivity contribution in [2.24, 2.45) is 0 Å². The Morgan fingerprint density at radius 2 is 1.73 bits per heavy atom. The fraction of sp³-hybridized carbons (Fsp3) is 0.192. The zero-order valence-corrected chi connectivity index (χ0v) is 21.9. The van der Waals surface area contributed by atoms with Crippen molar-refractivity contribution in [1.29, 1.82) is 0 Å². The molecule has 0 amide bonds. The highest BCUT2D eigenvalue weighted by Crippen LogP contribution is 2.38. The molecule has 0 saturated heterocycles. The third-order valence-electron chi connectivity index (χ3n) is 6.66. The zero-order valence-electron chi connectivity index (χ0n) is 21.1. The summed E-state index contributed by atoms with van der Waals surface area (Å²) in [6, 6.07) is 9.28. The number of rotatable bonds is 8. The molecule has 5 rings (SSSR count). The lowest BCUT2D eigenvalue weighted by Gasteiger charge is -2.35. The number of alkyl halides is 3. The van der Waals surface area contributed by atoms with Crippen molar-refractivity contribution >= 4 is 26.6 Å². The second-order valence-electron chi connectivity index (χ2n) is 9.31. The number of hydrogen-bond acceptors (Lipinski definition) is 6. The molecule has 0 aliphatic carbocycles. The summed E-state index contributed by atoms with van der Waals surface area (Å²) in [5, 5.41) is 20.6. The molecule has 5 aromatic rings. The molecule has 0 saturated carbocycles. The number of anilines is 1. The van der Waals surface area contributed by atoms with Crippen LogP contribution in [0.5, 0.6) is 0 Å². The van der Waals surface area contributed by atoms with Crippen LogP contribution in [0, 0.1) is 11.6 Å². The standard InChI is InChI=1S/C26H21F5N6O3S/c1-16(25(38,13-36-15-32-14-34-36)22-8-4-19(27)11-23(22)28)37-24-9-5-20(10-17(24)12-33-37)35-41(39,40)21-6-2-18(3-7-21)26(29,30)31/h2-12,14-16,35,38H,13H2,1H3/t16-,25-/m1/s1. The molecule has 0 bridgehead atoms. The molecule has 0 aliphatic heterocycles. The number of nitrogens with zero attached hydrogens (tertiary/aromatic N) is 5. The largest absolute Gasteiger partial charge is 0.416 e. The topological polar surface area (TPSA) is 115 Å². The van der Waals surface area contributed by atoms with Gasteiger partial charge in [0.1, 0.15) is 29.9 Å². The molecule has 2 aromatic heterocycles. The second-order valence-corrected chi connectivity index (χ2v) is 11.0. The molecule has 0 fully saturated rings. The summed E-state index contributed by atoms with van der Waals surface area (Å²) in [7, 11) is -4.22. The number of sulfonamides is 1. The van der Waals surface area contributed by atoms with Crippen LogP contribution in [0.1, 0.15) is 24.1 Å². The molecule has 0 radical (unpaired) electrons. The van der Waals surface area contributed by atoms with Crippen LogP contribution in [0.3, 0.4) is 0 Å². The smallest absolute Gasteiger partial charge is 0.381 e. The molecule has 0 spiro atoms. The SMILES string of the molecule is C[C@@H](n1ncc2cc(NS(=O)(=O)c3ccc(C(F)(F)F)cc3)ccc21)[C@](O)(Cn1cncn1)c1ccc(F)cc1F. The molecule has 214 valence electrons. The molecular weight excluding hydrogens is 571 g/mol. The van der Waals surface area contributed by atoms with Gasteiger partial charge in [-0.1, -0.05) is 6.07 Å². The number of benzene rings is 3. The summed E-state index contributed by atoms with van der Waals surface area (Å²) in [5.74, 6) is -1.80. The van der Waals surface area contributed by atoms with Crippen LogP contribution >= 0.6 is 0 Å². The van der Waals surface area contributed by atoms with Gasteiger partial charge in [0, 0.05) is 22.7 Å². The first kappa shape index (κ1) is 28.2. The van der Waals surface area contributed by atoms with E-state index in [0.29, 0.717) is 29.1 Å². The maximum atomic E-state index is 14.9. The molecule has 2 N–H and O–H groups in total. The van der Waals surface area contributed by atoms with Crippen LogP contribution in [0.25, 0.3) is 10.9 Å². The summed E-state index contributed by atoms with van der Waals surface area (Å²) < 4.78 is 97.7. The third kappa shape index (κ3) is 5.50. The van der Waals surface area contributed by atoms with Gasteiger partial charge in [-0.25, -0.2) is 26.9 Å². The quantitative estimate of drug-likeness (QED) is 0.249. The highest BCUT2D eigenvalue weighted by Gasteiger charge is 2.41. The number of aromatic nitrogens is 5. The molecule has 41 heavy (non-hydrogen) atoms. The molecule has 0 aliphatic rings. The summed E-state index contributed by atoms with van der Waals surface area (Å²) >= 11 is 0. The van der Waals surface area contributed by atoms with Gasteiger partial charge < -0.3 is 5.11 Å². The van der Waals surface area contributed by atoms with Gasteiger partial charge in [-0.05, 0) is 55.5 Å². The van der Waals surface area contributed by atoms with E-state index in [1.165, 1.54) is 46.4 Å². The van der Waals surface area contributed by atoms with E-state index in [9.17, 15) is 35.5 Å². The normalized spacial score (nSPS) is 14.6. The number of hydrogen-bond donors (Lipinski definition) is 2. The van der Waals surface area contributed by atoms with E-state index in [4.69, 9.17) is 0 Å². The van der Waals surface area contributed by atoms with Crippen LogP contribution < -0.4 is 4.72 Å². The Labute approximate surface area is 229 Å². The summed E-state index contributed by atoms with van der Waals surface area (Å²) in [6.45, 7) is 1.32. The predicted octanol–water partition coefficient (Wildman–Crippen LogP) is 4.87. The van der Waals surface area contributed by atoms with Gasteiger partial charge in [-0.3, -0.25) is 9.40 Å². The first-order chi connectivity index (χ1) is 19.3. The van der Waals surface area contributed by atoms with E-state index in [2.05, 4.69) is 19.9 Å². The lowest BCUT2D eigenvalue weighted by Crippen LogP contribution is -2.41. The molecule has 2 heterocycles. The number of fused-ring (bicyclic) bond motifs is 1. The van der Waals surface area contributed by atoms with Crippen molar-refractivity contribution in [2.75, 3.05) is 4.72 Å². The van der Waals surface area contributed by atoms with E-state index in [0.717, 1.165) is 24.3 Å². The first-order valence-corrected chi connectivity index (χ1v) is 13.4. The lowest BCUT2D eigenvalue weighted by molar-refractivity contribution is -0.137. The Hall–Kier alpha value is -4.37. The van der Waals surface area contributed by atoms with Gasteiger partial charge in [-0.2, -0.15) is 23.4 Å². The van der Waals surface area contributed by atoms with E-state index in [-0.39, 0.29) is 22.7 Å². The maximum Gasteiger partial charge on any atom is 0.416 e. The van der Waals surface area contributed by atoms with Crippen molar-refractivity contribution in [1.82, 2.24) is 24.5 Å². The fourth-order valence-electron chi connectivity index (χ4n) is 4.51. The lowest BCUT2D eigenvalue weighted by atomic mass is 9.86. The fourth-order valence-corrected chi connectivity index (χ4v) is 5.56. The average molecular weight is 593 g/mol. The Bertz CT molecular complexity index is 1810. The number of aliphatic hydroxyl groups is 1. The third-order valence-corrected chi connectivity index (χ3v) is 8.06. The Kier molecular flexibility index (Phi) is 7.03. The van der Waals surface area contributed by atoms with Gasteiger partial charge in [0.05, 0.1) is 34.8 Å². The highest BCUT2D eigenvalue weighted by molar-refractivity contribution is 7.92. The molecular formula is C26H21F5N6O3S. The summed E-state index contributed by atoms with van der Waals surface area (Å²) in [4.78, 5) is 3.48. The molecule has 15 heteroatoms. The summed E-state index contributed by atoms with van der Waals surface area (Å²) in [6.07, 6.45) is -0.640. The van der Waals surface area contributed by atoms with Crippen LogP contribution in [-0.4, -0.2) is 38.1 Å². The van der Waals surface area contributed by atoms with Crippen LogP contribution in [0.2, 0.25) is 0 Å². The molecule has 2 atom stereocenters. The van der Waals surface area contributed by atoms with Crippen molar-refractivity contribution in [3.63, 3.8) is 0 Å². The zero-order chi connectivity index (χ0) is 29.6. The second kappa shape index (κ2) is 10.2. The van der Waals surface area contributed by atoms with Crippen molar-refractivity contribution in [3.8, 4) is 0 Å². The highest BCUT2D eigenvalue weighted by atomic mass is 32.2. The minimum Gasteiger partial charge on any atom is -0.381 e. The van der Waals surface area contributed by atoms with E-state index >= 15 is 0 Å². The van der Waals surface area contributed by atoms with Crippen LogP contribution in [-0.2, 0) is 28.3 Å². The Balaban J connectivity index is 1.47. The van der Waals surface area contributed by atoms with Crippen molar-refractivity contribution < 1.29 is 35.5 Å². The van der Waals surface area contributed by atoms with Crippen molar-refractivity contribution in [3.05, 3.63) is 102 Å². The Morgan fingerprint density at radius 1 is 1.00 bits per heavy atom. The van der Waals surface area contributed by atoms with E-state index in [1.54, 1.807) is 6.92 Å². The molecule has 3 aromatic carbocycles. The number of halogens is 5. The van der Waals surface area contributed by atoms with Crippen LogP contribution in [0.15, 0.2) is 84.4 Å².